The van der Waals surface area contributed by atoms with E-state index in [0.29, 0.717) is 50.2 Å². The molecule has 0 saturated carbocycles. The van der Waals surface area contributed by atoms with Gasteiger partial charge in [-0.2, -0.15) is 0 Å². The molecule has 0 unspecified atom stereocenters. The van der Waals surface area contributed by atoms with Crippen molar-refractivity contribution in [3.63, 3.8) is 0 Å². The number of urea groups is 1. The SMILES string of the molecule is CN1C(=O)NC2(CCN(C(=O)CCCc3nc4cc(Cl)ccc4n3C)CC2)C1=O. The number of imidazole rings is 1. The molecule has 0 radical (unpaired) electrons. The number of carbonyl (C=O) groups excluding carboxylic acids is 3. The van der Waals surface area contributed by atoms with Gasteiger partial charge in [-0.3, -0.25) is 14.5 Å². The van der Waals surface area contributed by atoms with Crippen LogP contribution in [0.3, 0.4) is 0 Å². The van der Waals surface area contributed by atoms with Gasteiger partial charge < -0.3 is 14.8 Å². The molecule has 154 valence electrons. The van der Waals surface area contributed by atoms with Crippen LogP contribution in [-0.2, 0) is 23.1 Å². The lowest BCUT2D eigenvalue weighted by Gasteiger charge is -2.37. The summed E-state index contributed by atoms with van der Waals surface area (Å²) in [5, 5.41) is 3.45. The number of nitrogens with one attached hydrogen (secondary N) is 1. The summed E-state index contributed by atoms with van der Waals surface area (Å²) in [6.07, 6.45) is 2.74. The van der Waals surface area contributed by atoms with Crippen LogP contribution in [0.15, 0.2) is 18.2 Å². The number of piperidine rings is 1. The monoisotopic (exact) mass is 417 g/mol. The van der Waals surface area contributed by atoms with E-state index in [9.17, 15) is 14.4 Å². The number of hydrogen-bond donors (Lipinski definition) is 1. The van der Waals surface area contributed by atoms with Crippen LogP contribution in [0.4, 0.5) is 4.79 Å². The average molecular weight is 418 g/mol. The summed E-state index contributed by atoms with van der Waals surface area (Å²) in [5.74, 6) is 0.804. The molecule has 2 aromatic rings. The maximum Gasteiger partial charge on any atom is 0.324 e. The van der Waals surface area contributed by atoms with Crippen LogP contribution < -0.4 is 5.32 Å². The number of imide groups is 1. The Morgan fingerprint density at radius 1 is 1.24 bits per heavy atom. The van der Waals surface area contributed by atoms with Crippen molar-refractivity contribution < 1.29 is 14.4 Å². The van der Waals surface area contributed by atoms with Gasteiger partial charge in [-0.1, -0.05) is 11.6 Å². The average Bonchev–Trinajstić information content (AvgIpc) is 3.11. The topological polar surface area (TPSA) is 87.5 Å². The Labute approximate surface area is 173 Å². The molecule has 0 atom stereocenters. The van der Waals surface area contributed by atoms with Gasteiger partial charge in [0, 0.05) is 45.0 Å². The van der Waals surface area contributed by atoms with Gasteiger partial charge in [-0.05, 0) is 37.5 Å². The van der Waals surface area contributed by atoms with E-state index in [1.165, 1.54) is 7.05 Å². The predicted octanol–water partition coefficient (Wildman–Crippen LogP) is 2.09. The van der Waals surface area contributed by atoms with E-state index in [-0.39, 0.29) is 17.8 Å². The number of likely N-dealkylation sites (tertiary alicyclic amines) is 1. The van der Waals surface area contributed by atoms with E-state index in [1.54, 1.807) is 4.90 Å². The van der Waals surface area contributed by atoms with Gasteiger partial charge in [0.25, 0.3) is 5.91 Å². The number of fused-ring (bicyclic) bond motifs is 1. The molecule has 2 fully saturated rings. The molecule has 1 N–H and O–H groups in total. The molecule has 4 amide bonds. The molecule has 9 heteroatoms. The first kappa shape index (κ1) is 19.7. The molecule has 1 aromatic carbocycles. The molecular weight excluding hydrogens is 394 g/mol. The van der Waals surface area contributed by atoms with Gasteiger partial charge in [0.05, 0.1) is 11.0 Å². The molecule has 8 nitrogen and oxygen atoms in total. The number of nitrogens with zero attached hydrogens (tertiary/aromatic N) is 4. The largest absolute Gasteiger partial charge is 0.342 e. The van der Waals surface area contributed by atoms with Gasteiger partial charge >= 0.3 is 6.03 Å². The highest BCUT2D eigenvalue weighted by Gasteiger charge is 2.51. The van der Waals surface area contributed by atoms with Gasteiger partial charge in [0.2, 0.25) is 5.91 Å². The highest BCUT2D eigenvalue weighted by atomic mass is 35.5. The van der Waals surface area contributed by atoms with Gasteiger partial charge in [-0.15, -0.1) is 0 Å². The Balaban J connectivity index is 1.31. The minimum Gasteiger partial charge on any atom is -0.342 e. The number of aryl methyl sites for hydroxylation is 2. The highest BCUT2D eigenvalue weighted by molar-refractivity contribution is 6.31. The molecular formula is C20H24ClN5O3. The minimum atomic E-state index is -0.836. The quantitative estimate of drug-likeness (QED) is 0.771. The third-order valence-electron chi connectivity index (χ3n) is 6.06. The van der Waals surface area contributed by atoms with E-state index in [0.717, 1.165) is 21.8 Å². The Bertz CT molecular complexity index is 993. The lowest BCUT2D eigenvalue weighted by molar-refractivity contribution is -0.138. The Morgan fingerprint density at radius 2 is 1.97 bits per heavy atom. The van der Waals surface area contributed by atoms with E-state index < -0.39 is 5.54 Å². The van der Waals surface area contributed by atoms with E-state index in [1.807, 2.05) is 29.8 Å². The van der Waals surface area contributed by atoms with Crippen LogP contribution in [0.2, 0.25) is 5.02 Å². The molecule has 0 bridgehead atoms. The summed E-state index contributed by atoms with van der Waals surface area (Å²) in [7, 11) is 3.45. The number of hydrogen-bond acceptors (Lipinski definition) is 4. The van der Waals surface area contributed by atoms with Gasteiger partial charge in [0.1, 0.15) is 11.4 Å². The van der Waals surface area contributed by atoms with Crippen LogP contribution in [-0.4, -0.2) is 62.9 Å². The summed E-state index contributed by atoms with van der Waals surface area (Å²) in [4.78, 5) is 44.2. The highest BCUT2D eigenvalue weighted by Crippen LogP contribution is 2.29. The first-order chi connectivity index (χ1) is 13.8. The molecule has 0 aliphatic carbocycles. The van der Waals surface area contributed by atoms with Gasteiger partial charge in [0.15, 0.2) is 0 Å². The Morgan fingerprint density at radius 3 is 2.62 bits per heavy atom. The summed E-state index contributed by atoms with van der Waals surface area (Å²) in [6.45, 7) is 0.951. The number of amides is 4. The number of benzene rings is 1. The molecule has 1 aromatic heterocycles. The third kappa shape index (κ3) is 3.46. The minimum absolute atomic E-state index is 0.0757. The second kappa shape index (κ2) is 7.33. The second-order valence-corrected chi connectivity index (χ2v) is 8.27. The molecule has 3 heterocycles. The molecule has 2 aliphatic heterocycles. The molecule has 29 heavy (non-hydrogen) atoms. The number of halogens is 1. The normalized spacial score (nSPS) is 18.7. The van der Waals surface area contributed by atoms with Crippen LogP contribution in [0, 0.1) is 0 Å². The van der Waals surface area contributed by atoms with E-state index in [2.05, 4.69) is 10.3 Å². The summed E-state index contributed by atoms with van der Waals surface area (Å²) in [6, 6.07) is 5.27. The van der Waals surface area contributed by atoms with Crippen LogP contribution in [0.5, 0.6) is 0 Å². The number of carbonyl (C=O) groups is 3. The first-order valence-corrected chi connectivity index (χ1v) is 10.2. The second-order valence-electron chi connectivity index (χ2n) is 7.83. The van der Waals surface area contributed by atoms with Crippen molar-refractivity contribution >= 4 is 40.5 Å². The number of aromatic nitrogens is 2. The van der Waals surface area contributed by atoms with E-state index >= 15 is 0 Å². The third-order valence-corrected chi connectivity index (χ3v) is 6.30. The first-order valence-electron chi connectivity index (χ1n) is 9.80. The fourth-order valence-corrected chi connectivity index (χ4v) is 4.40. The zero-order chi connectivity index (χ0) is 20.8. The van der Waals surface area contributed by atoms with Crippen LogP contribution in [0.25, 0.3) is 11.0 Å². The Hall–Kier alpha value is -2.61. The van der Waals surface area contributed by atoms with E-state index in [4.69, 9.17) is 11.6 Å². The lowest BCUT2D eigenvalue weighted by Crippen LogP contribution is -2.55. The lowest BCUT2D eigenvalue weighted by atomic mass is 9.87. The van der Waals surface area contributed by atoms with Crippen molar-refractivity contribution in [2.24, 2.45) is 7.05 Å². The number of rotatable bonds is 4. The van der Waals surface area contributed by atoms with Crippen molar-refractivity contribution in [1.29, 1.82) is 0 Å². The smallest absolute Gasteiger partial charge is 0.324 e. The maximum absolute atomic E-state index is 12.6. The van der Waals surface area contributed by atoms with Gasteiger partial charge in [-0.25, -0.2) is 9.78 Å². The zero-order valence-electron chi connectivity index (χ0n) is 16.6. The van der Waals surface area contributed by atoms with Crippen LogP contribution in [0.1, 0.15) is 31.5 Å². The molecule has 2 aliphatic rings. The summed E-state index contributed by atoms with van der Waals surface area (Å²) >= 11 is 6.04. The zero-order valence-corrected chi connectivity index (χ0v) is 17.3. The molecule has 2 saturated heterocycles. The molecule has 1 spiro atoms. The maximum atomic E-state index is 12.6. The van der Waals surface area contributed by atoms with Crippen molar-refractivity contribution in [1.82, 2.24) is 24.7 Å². The van der Waals surface area contributed by atoms with Crippen LogP contribution >= 0.6 is 11.6 Å². The van der Waals surface area contributed by atoms with Crippen molar-refractivity contribution in [2.75, 3.05) is 20.1 Å². The molecule has 4 rings (SSSR count). The van der Waals surface area contributed by atoms with Crippen molar-refractivity contribution in [2.45, 2.75) is 37.6 Å². The standard InChI is InChI=1S/C20H24ClN5O3/c1-24-15-7-6-13(21)12-14(15)22-16(24)4-3-5-17(27)26-10-8-20(9-11-26)18(28)25(2)19(29)23-20/h6-7,12H,3-5,8-11H2,1-2H3,(H,23,29). The number of likely N-dealkylation sites (N-methyl/N-ethyl adjacent to an activating group) is 1. The predicted molar refractivity (Wildman–Crippen MR) is 109 cm³/mol. The summed E-state index contributed by atoms with van der Waals surface area (Å²) < 4.78 is 2.03. The van der Waals surface area contributed by atoms with Crippen molar-refractivity contribution in [3.8, 4) is 0 Å². The Kier molecular flexibility index (Phi) is 4.98. The fourth-order valence-electron chi connectivity index (χ4n) is 4.23. The van der Waals surface area contributed by atoms with Crippen molar-refractivity contribution in [3.05, 3.63) is 29.0 Å². The summed E-state index contributed by atoms with van der Waals surface area (Å²) in [5.41, 5.74) is 1.04. The fraction of sp³-hybridized carbons (Fsp3) is 0.500.